The second-order valence-electron chi connectivity index (χ2n) is 5.38. The van der Waals surface area contributed by atoms with Gasteiger partial charge in [-0.1, -0.05) is 30.4 Å². The minimum Gasteiger partial charge on any atom is -0.318 e. The number of carbonyl (C=O) groups excluding carboxylic acids is 1. The molecule has 0 saturated heterocycles. The Hall–Kier alpha value is -1.77. The van der Waals surface area contributed by atoms with Crippen LogP contribution in [0.2, 0.25) is 0 Å². The van der Waals surface area contributed by atoms with E-state index in [9.17, 15) is 13.2 Å². The molecule has 5 nitrogen and oxygen atoms in total. The van der Waals surface area contributed by atoms with E-state index < -0.39 is 15.7 Å². The fourth-order valence-corrected chi connectivity index (χ4v) is 5.14. The van der Waals surface area contributed by atoms with Crippen LogP contribution in [0.3, 0.4) is 0 Å². The molecular weight excluding hydrogens is 424 g/mol. The van der Waals surface area contributed by atoms with Gasteiger partial charge in [-0.25, -0.2) is 8.42 Å². The number of rotatable bonds is 3. The maximum Gasteiger partial charge on any atom is 0.279 e. The molecule has 1 heterocycles. The van der Waals surface area contributed by atoms with Crippen LogP contribution in [0.5, 0.6) is 0 Å². The fourth-order valence-electron chi connectivity index (χ4n) is 2.40. The first-order valence-corrected chi connectivity index (χ1v) is 10.8. The normalized spacial score (nSPS) is 12.7. The molecule has 3 rings (SSSR count). The second-order valence-corrected chi connectivity index (χ2v) is 9.52. The first-order valence-electron chi connectivity index (χ1n) is 7.49. The summed E-state index contributed by atoms with van der Waals surface area (Å²) in [7, 11) is -1.52. The van der Waals surface area contributed by atoms with Crippen molar-refractivity contribution in [3.05, 3.63) is 57.3 Å². The van der Waals surface area contributed by atoms with Gasteiger partial charge in [0.25, 0.3) is 5.91 Å². The van der Waals surface area contributed by atoms with Crippen LogP contribution in [0.4, 0.5) is 0 Å². The summed E-state index contributed by atoms with van der Waals surface area (Å²) in [4.78, 5) is 17.4. The Morgan fingerprint density at radius 3 is 2.64 bits per heavy atom. The highest BCUT2D eigenvalue weighted by atomic mass is 79.9. The topological polar surface area (TPSA) is 68.5 Å². The molecule has 0 aliphatic carbocycles. The minimum absolute atomic E-state index is 0.0128. The number of fused-ring (bicyclic) bond motifs is 1. The second kappa shape index (κ2) is 6.86. The highest BCUT2D eigenvalue weighted by Crippen LogP contribution is 2.25. The number of halogens is 1. The quantitative estimate of drug-likeness (QED) is 0.627. The van der Waals surface area contributed by atoms with Gasteiger partial charge in [0.1, 0.15) is 0 Å². The number of hydrogen-bond donors (Lipinski definition) is 0. The van der Waals surface area contributed by atoms with Crippen molar-refractivity contribution in [3.63, 3.8) is 0 Å². The zero-order valence-electron chi connectivity index (χ0n) is 13.6. The number of thiazole rings is 1. The van der Waals surface area contributed by atoms with Gasteiger partial charge in [-0.15, -0.1) is 0 Å². The summed E-state index contributed by atoms with van der Waals surface area (Å²) in [5.41, 5.74) is 1.22. The van der Waals surface area contributed by atoms with Gasteiger partial charge in [-0.05, 0) is 46.3 Å². The molecule has 1 aromatic heterocycles. The van der Waals surface area contributed by atoms with Crippen molar-refractivity contribution in [1.82, 2.24) is 4.57 Å². The molecule has 0 unspecified atom stereocenters. The Balaban J connectivity index is 2.09. The average Bonchev–Trinajstić information content (AvgIpc) is 2.92. The van der Waals surface area contributed by atoms with Crippen molar-refractivity contribution in [2.45, 2.75) is 11.8 Å². The summed E-state index contributed by atoms with van der Waals surface area (Å²) in [5, 5.41) is 0. The predicted octanol–water partition coefficient (Wildman–Crippen LogP) is 3.54. The molecule has 0 spiro atoms. The molecule has 0 atom stereocenters. The summed E-state index contributed by atoms with van der Waals surface area (Å²) >= 11 is 4.91. The number of carbonyl (C=O) groups is 1. The maximum atomic E-state index is 12.5. The number of nitrogens with zero attached hydrogens (tertiary/aromatic N) is 2. The third-order valence-corrected chi connectivity index (χ3v) is 7.26. The average molecular weight is 439 g/mol. The summed E-state index contributed by atoms with van der Waals surface area (Å²) in [6.45, 7) is 1.57. The first-order chi connectivity index (χ1) is 11.8. The lowest BCUT2D eigenvalue weighted by Crippen LogP contribution is -2.14. The molecule has 2 aromatic carbocycles. The predicted molar refractivity (Wildman–Crippen MR) is 103 cm³/mol. The number of aryl methyl sites for hydroxylation is 1. The lowest BCUT2D eigenvalue weighted by atomic mass is 10.2. The van der Waals surface area contributed by atoms with Gasteiger partial charge in [0.2, 0.25) is 0 Å². The molecule has 0 fully saturated rings. The van der Waals surface area contributed by atoms with Crippen molar-refractivity contribution in [1.29, 1.82) is 0 Å². The lowest BCUT2D eigenvalue weighted by Gasteiger charge is -2.02. The number of sulfone groups is 1. The fraction of sp³-hybridized carbons (Fsp3) is 0.176. The lowest BCUT2D eigenvalue weighted by molar-refractivity contribution is 0.0997. The molecule has 0 aliphatic heterocycles. The highest BCUT2D eigenvalue weighted by molar-refractivity contribution is 9.10. The number of para-hydroxylation sites is 1. The smallest absolute Gasteiger partial charge is 0.279 e. The number of aromatic nitrogens is 1. The standard InChI is InChI=1S/C17H15BrN2O3S2/c1-3-25(22,23)12-7-4-6-11(10-12)16(21)19-17-20(2)15-13(18)8-5-9-14(15)24-17/h4-10H,3H2,1-2H3. The Bertz CT molecular complexity index is 1140. The van der Waals surface area contributed by atoms with Crippen LogP contribution in [0.1, 0.15) is 17.3 Å². The molecule has 0 aliphatic rings. The molecular formula is C17H15BrN2O3S2. The summed E-state index contributed by atoms with van der Waals surface area (Å²) in [5.74, 6) is -0.479. The molecule has 0 radical (unpaired) electrons. The van der Waals surface area contributed by atoms with E-state index in [0.29, 0.717) is 4.80 Å². The van der Waals surface area contributed by atoms with Crippen LogP contribution >= 0.6 is 27.3 Å². The van der Waals surface area contributed by atoms with E-state index in [4.69, 9.17) is 0 Å². The SMILES string of the molecule is CCS(=O)(=O)c1cccc(C(=O)N=c2sc3cccc(Br)c3n2C)c1. The van der Waals surface area contributed by atoms with E-state index in [1.807, 2.05) is 29.8 Å². The van der Waals surface area contributed by atoms with E-state index in [1.54, 1.807) is 19.1 Å². The van der Waals surface area contributed by atoms with Crippen LogP contribution < -0.4 is 4.80 Å². The first kappa shape index (κ1) is 18.0. The van der Waals surface area contributed by atoms with Gasteiger partial charge in [-0.3, -0.25) is 4.79 Å². The molecule has 1 amide bonds. The van der Waals surface area contributed by atoms with Crippen LogP contribution in [-0.4, -0.2) is 24.6 Å². The van der Waals surface area contributed by atoms with Crippen molar-refractivity contribution in [2.24, 2.45) is 12.0 Å². The van der Waals surface area contributed by atoms with Gasteiger partial charge >= 0.3 is 0 Å². The number of hydrogen-bond acceptors (Lipinski definition) is 4. The van der Waals surface area contributed by atoms with E-state index in [2.05, 4.69) is 20.9 Å². The molecule has 130 valence electrons. The number of benzene rings is 2. The largest absolute Gasteiger partial charge is 0.318 e. The minimum atomic E-state index is -3.36. The van der Waals surface area contributed by atoms with E-state index in [1.165, 1.54) is 23.5 Å². The van der Waals surface area contributed by atoms with Gasteiger partial charge in [0.05, 0.1) is 20.9 Å². The van der Waals surface area contributed by atoms with Crippen LogP contribution in [-0.2, 0) is 16.9 Å². The molecule has 8 heteroatoms. The van der Waals surface area contributed by atoms with Crippen LogP contribution in [0.25, 0.3) is 10.2 Å². The van der Waals surface area contributed by atoms with Gasteiger partial charge < -0.3 is 4.57 Å². The van der Waals surface area contributed by atoms with E-state index in [0.717, 1.165) is 14.7 Å². The Labute approximate surface area is 157 Å². The van der Waals surface area contributed by atoms with Gasteiger partial charge in [-0.2, -0.15) is 4.99 Å². The Morgan fingerprint density at radius 1 is 1.24 bits per heavy atom. The van der Waals surface area contributed by atoms with Gasteiger partial charge in [0, 0.05) is 17.1 Å². The van der Waals surface area contributed by atoms with Crippen molar-refractivity contribution in [3.8, 4) is 0 Å². The molecule has 0 N–H and O–H groups in total. The van der Waals surface area contributed by atoms with Crippen molar-refractivity contribution in [2.75, 3.05) is 5.75 Å². The zero-order valence-corrected chi connectivity index (χ0v) is 16.8. The summed E-state index contributed by atoms with van der Waals surface area (Å²) in [6, 6.07) is 11.8. The van der Waals surface area contributed by atoms with Crippen LogP contribution in [0.15, 0.2) is 56.8 Å². The van der Waals surface area contributed by atoms with Gasteiger partial charge in [0.15, 0.2) is 14.6 Å². The Morgan fingerprint density at radius 2 is 1.96 bits per heavy atom. The highest BCUT2D eigenvalue weighted by Gasteiger charge is 2.14. The van der Waals surface area contributed by atoms with Crippen LogP contribution in [0, 0.1) is 0 Å². The third kappa shape index (κ3) is 3.47. The third-order valence-electron chi connectivity index (χ3n) is 3.79. The summed E-state index contributed by atoms with van der Waals surface area (Å²) in [6.07, 6.45) is 0. The van der Waals surface area contributed by atoms with E-state index in [-0.39, 0.29) is 16.2 Å². The summed E-state index contributed by atoms with van der Waals surface area (Å²) < 4.78 is 27.8. The molecule has 0 saturated carbocycles. The molecule has 25 heavy (non-hydrogen) atoms. The van der Waals surface area contributed by atoms with Crippen molar-refractivity contribution >= 4 is 53.2 Å². The maximum absolute atomic E-state index is 12.5. The number of amides is 1. The van der Waals surface area contributed by atoms with Crippen molar-refractivity contribution < 1.29 is 13.2 Å². The van der Waals surface area contributed by atoms with E-state index >= 15 is 0 Å². The molecule has 0 bridgehead atoms. The molecule has 3 aromatic rings. The Kier molecular flexibility index (Phi) is 4.95. The monoisotopic (exact) mass is 438 g/mol. The zero-order chi connectivity index (χ0) is 18.2.